The van der Waals surface area contributed by atoms with E-state index in [1.165, 1.54) is 12.4 Å². The third-order valence-electron chi connectivity index (χ3n) is 1.96. The van der Waals surface area contributed by atoms with E-state index in [0.29, 0.717) is 10.4 Å². The van der Waals surface area contributed by atoms with E-state index in [9.17, 15) is 4.79 Å². The molecule has 84 valence electrons. The summed E-state index contributed by atoms with van der Waals surface area (Å²) in [6.45, 7) is 3.64. The SMILES string of the molecule is CC(C)C(C#N)C(=O)Nc1cnc(Br)cn1. The molecule has 1 unspecified atom stereocenters. The first-order chi connectivity index (χ1) is 7.54. The molecule has 0 aliphatic rings. The van der Waals surface area contributed by atoms with E-state index >= 15 is 0 Å². The van der Waals surface area contributed by atoms with Crippen molar-refractivity contribution in [2.45, 2.75) is 13.8 Å². The van der Waals surface area contributed by atoms with Crippen LogP contribution in [-0.4, -0.2) is 15.9 Å². The van der Waals surface area contributed by atoms with Gasteiger partial charge in [-0.05, 0) is 21.8 Å². The zero-order chi connectivity index (χ0) is 12.1. The van der Waals surface area contributed by atoms with Gasteiger partial charge in [0.15, 0.2) is 5.82 Å². The number of anilines is 1. The molecule has 1 atom stereocenters. The Kier molecular flexibility index (Phi) is 4.38. The summed E-state index contributed by atoms with van der Waals surface area (Å²) < 4.78 is 0.589. The Bertz CT molecular complexity index is 410. The molecule has 16 heavy (non-hydrogen) atoms. The molecule has 0 aliphatic heterocycles. The Labute approximate surface area is 102 Å². The van der Waals surface area contributed by atoms with Gasteiger partial charge in [0.05, 0.1) is 18.5 Å². The zero-order valence-electron chi connectivity index (χ0n) is 8.94. The molecule has 0 bridgehead atoms. The second kappa shape index (κ2) is 5.56. The summed E-state index contributed by atoms with van der Waals surface area (Å²) in [5.41, 5.74) is 0. The Hall–Kier alpha value is -1.48. The van der Waals surface area contributed by atoms with Gasteiger partial charge >= 0.3 is 0 Å². The molecule has 1 N–H and O–H groups in total. The molecule has 0 saturated heterocycles. The largest absolute Gasteiger partial charge is 0.308 e. The predicted octanol–water partition coefficient (Wildman–Crippen LogP) is 1.97. The molecule has 0 radical (unpaired) electrons. The first-order valence-electron chi connectivity index (χ1n) is 4.72. The van der Waals surface area contributed by atoms with Crippen LogP contribution in [0.5, 0.6) is 0 Å². The van der Waals surface area contributed by atoms with Gasteiger partial charge in [-0.1, -0.05) is 13.8 Å². The molecule has 6 heteroatoms. The van der Waals surface area contributed by atoms with Gasteiger partial charge in [-0.2, -0.15) is 5.26 Å². The highest BCUT2D eigenvalue weighted by Crippen LogP contribution is 2.13. The molecule has 0 aromatic carbocycles. The lowest BCUT2D eigenvalue weighted by atomic mass is 9.97. The average molecular weight is 283 g/mol. The number of aromatic nitrogens is 2. The highest BCUT2D eigenvalue weighted by Gasteiger charge is 2.21. The van der Waals surface area contributed by atoms with Crippen molar-refractivity contribution in [3.8, 4) is 6.07 Å². The summed E-state index contributed by atoms with van der Waals surface area (Å²) in [5, 5.41) is 11.4. The van der Waals surface area contributed by atoms with E-state index < -0.39 is 5.92 Å². The number of nitriles is 1. The second-order valence-corrected chi connectivity index (χ2v) is 4.38. The number of nitrogens with zero attached hydrogens (tertiary/aromatic N) is 3. The molecule has 1 amide bonds. The molecule has 1 heterocycles. The van der Waals surface area contributed by atoms with Gasteiger partial charge in [-0.15, -0.1) is 0 Å². The van der Waals surface area contributed by atoms with Gasteiger partial charge in [-0.25, -0.2) is 9.97 Å². The van der Waals surface area contributed by atoms with Crippen LogP contribution in [0.1, 0.15) is 13.8 Å². The first kappa shape index (κ1) is 12.6. The highest BCUT2D eigenvalue weighted by atomic mass is 79.9. The number of hydrogen-bond acceptors (Lipinski definition) is 4. The smallest absolute Gasteiger partial charge is 0.243 e. The standard InChI is InChI=1S/C10H11BrN4O/c1-6(2)7(3-12)10(16)15-9-5-13-8(11)4-14-9/h4-7H,1-2H3,(H,14,15,16). The minimum absolute atomic E-state index is 0.0339. The molecule has 0 aliphatic carbocycles. The number of halogens is 1. The summed E-state index contributed by atoms with van der Waals surface area (Å²) in [5.74, 6) is -0.720. The first-order valence-corrected chi connectivity index (χ1v) is 5.52. The highest BCUT2D eigenvalue weighted by molar-refractivity contribution is 9.10. The molecule has 5 nitrogen and oxygen atoms in total. The fourth-order valence-electron chi connectivity index (χ4n) is 1.09. The lowest BCUT2D eigenvalue weighted by molar-refractivity contribution is -0.119. The summed E-state index contributed by atoms with van der Waals surface area (Å²) in [7, 11) is 0. The summed E-state index contributed by atoms with van der Waals surface area (Å²) in [6.07, 6.45) is 2.91. The number of nitrogens with one attached hydrogen (secondary N) is 1. The van der Waals surface area contributed by atoms with Crippen molar-refractivity contribution in [2.24, 2.45) is 11.8 Å². The van der Waals surface area contributed by atoms with Crippen molar-refractivity contribution in [3.05, 3.63) is 17.0 Å². The fraction of sp³-hybridized carbons (Fsp3) is 0.400. The molecule has 0 spiro atoms. The van der Waals surface area contributed by atoms with Crippen molar-refractivity contribution in [1.82, 2.24) is 9.97 Å². The number of carbonyl (C=O) groups excluding carboxylic acids is 1. The van der Waals surface area contributed by atoms with Crippen molar-refractivity contribution in [3.63, 3.8) is 0 Å². The van der Waals surface area contributed by atoms with Crippen molar-refractivity contribution in [2.75, 3.05) is 5.32 Å². The van der Waals surface area contributed by atoms with Gasteiger partial charge in [0, 0.05) is 0 Å². The van der Waals surface area contributed by atoms with Crippen molar-refractivity contribution >= 4 is 27.7 Å². The van der Waals surface area contributed by atoms with Crippen molar-refractivity contribution in [1.29, 1.82) is 5.26 Å². The van der Waals surface area contributed by atoms with Crippen LogP contribution in [0.4, 0.5) is 5.82 Å². The van der Waals surface area contributed by atoms with Gasteiger partial charge in [0.1, 0.15) is 10.5 Å². The summed E-state index contributed by atoms with van der Waals surface area (Å²) >= 11 is 3.14. The fourth-order valence-corrected chi connectivity index (χ4v) is 1.30. The van der Waals surface area contributed by atoms with E-state index in [1.807, 2.05) is 19.9 Å². The van der Waals surface area contributed by atoms with E-state index in [2.05, 4.69) is 31.2 Å². The molecular weight excluding hydrogens is 272 g/mol. The molecule has 1 aromatic heterocycles. The van der Waals surface area contributed by atoms with Gasteiger partial charge in [0.2, 0.25) is 5.91 Å². The van der Waals surface area contributed by atoms with Gasteiger partial charge in [0.25, 0.3) is 0 Å². The Morgan fingerprint density at radius 3 is 2.62 bits per heavy atom. The van der Waals surface area contributed by atoms with E-state index in [1.54, 1.807) is 0 Å². The molecule has 0 fully saturated rings. The lowest BCUT2D eigenvalue weighted by Crippen LogP contribution is -2.26. The van der Waals surface area contributed by atoms with E-state index in [4.69, 9.17) is 5.26 Å². The third kappa shape index (κ3) is 3.28. The molecular formula is C10H11BrN4O. The normalized spacial score (nSPS) is 11.9. The predicted molar refractivity (Wildman–Crippen MR) is 62.3 cm³/mol. The van der Waals surface area contributed by atoms with Crippen LogP contribution in [0, 0.1) is 23.2 Å². The molecule has 1 aromatic rings. The summed E-state index contributed by atoms with van der Waals surface area (Å²) in [6, 6.07) is 1.96. The zero-order valence-corrected chi connectivity index (χ0v) is 10.5. The quantitative estimate of drug-likeness (QED) is 0.919. The van der Waals surface area contributed by atoms with Crippen LogP contribution in [0.3, 0.4) is 0 Å². The maximum atomic E-state index is 11.7. The van der Waals surface area contributed by atoms with Crippen LogP contribution < -0.4 is 5.32 Å². The van der Waals surface area contributed by atoms with Crippen LogP contribution in [0.15, 0.2) is 17.0 Å². The van der Waals surface area contributed by atoms with Gasteiger partial charge in [-0.3, -0.25) is 4.79 Å². The van der Waals surface area contributed by atoms with Crippen LogP contribution in [0.2, 0.25) is 0 Å². The topological polar surface area (TPSA) is 78.7 Å². The lowest BCUT2D eigenvalue weighted by Gasteiger charge is -2.12. The Morgan fingerprint density at radius 1 is 1.50 bits per heavy atom. The summed E-state index contributed by atoms with van der Waals surface area (Å²) in [4.78, 5) is 19.5. The maximum absolute atomic E-state index is 11.7. The number of hydrogen-bond donors (Lipinski definition) is 1. The molecule has 0 saturated carbocycles. The molecule has 1 rings (SSSR count). The second-order valence-electron chi connectivity index (χ2n) is 3.56. The van der Waals surface area contributed by atoms with E-state index in [-0.39, 0.29) is 11.8 Å². The van der Waals surface area contributed by atoms with Crippen LogP contribution in [-0.2, 0) is 4.79 Å². The third-order valence-corrected chi connectivity index (χ3v) is 2.37. The average Bonchev–Trinajstić information content (AvgIpc) is 2.22. The number of rotatable bonds is 3. The monoisotopic (exact) mass is 282 g/mol. The number of carbonyl (C=O) groups is 1. The minimum Gasteiger partial charge on any atom is -0.308 e. The van der Waals surface area contributed by atoms with Crippen molar-refractivity contribution < 1.29 is 4.79 Å². The van der Waals surface area contributed by atoms with Gasteiger partial charge < -0.3 is 5.32 Å². The van der Waals surface area contributed by atoms with Crippen LogP contribution in [0.25, 0.3) is 0 Å². The minimum atomic E-state index is -0.676. The van der Waals surface area contributed by atoms with Crippen LogP contribution >= 0.6 is 15.9 Å². The maximum Gasteiger partial charge on any atom is 0.243 e. The Morgan fingerprint density at radius 2 is 2.19 bits per heavy atom. The number of amides is 1. The van der Waals surface area contributed by atoms with E-state index in [0.717, 1.165) is 0 Å². The Balaban J connectivity index is 2.71.